The molecule has 2 fully saturated rings. The molecule has 0 bridgehead atoms. The number of piperidine rings is 1. The molecule has 24 heavy (non-hydrogen) atoms. The van der Waals surface area contributed by atoms with Crippen LogP contribution in [-0.4, -0.2) is 50.1 Å². The van der Waals surface area contributed by atoms with Crippen molar-refractivity contribution in [3.63, 3.8) is 0 Å². The highest BCUT2D eigenvalue weighted by Gasteiger charge is 2.41. The Kier molecular flexibility index (Phi) is 5.38. The average Bonchev–Trinajstić information content (AvgIpc) is 3.04. The number of carbonyl (C=O) groups excluding carboxylic acids is 1. The lowest BCUT2D eigenvalue weighted by atomic mass is 9.89. The molecule has 1 aromatic carbocycles. The molecule has 2 saturated heterocycles. The van der Waals surface area contributed by atoms with Crippen molar-refractivity contribution >= 4 is 11.7 Å². The van der Waals surface area contributed by atoms with Crippen LogP contribution in [0.15, 0.2) is 24.3 Å². The second-order valence-corrected chi connectivity index (χ2v) is 6.54. The SMILES string of the molecule is COCc1cccc(NC(=O)N2CCC(C3(C)OCCO3)CC2)c1. The molecule has 2 heterocycles. The van der Waals surface area contributed by atoms with Gasteiger partial charge in [-0.05, 0) is 37.5 Å². The Morgan fingerprint density at radius 2 is 2.04 bits per heavy atom. The fourth-order valence-corrected chi connectivity index (χ4v) is 3.48. The third kappa shape index (κ3) is 3.88. The van der Waals surface area contributed by atoms with E-state index < -0.39 is 5.79 Å². The predicted octanol–water partition coefficient (Wildman–Crippen LogP) is 2.84. The van der Waals surface area contributed by atoms with E-state index in [2.05, 4.69) is 5.32 Å². The number of methoxy groups -OCH3 is 1. The minimum atomic E-state index is -0.475. The molecule has 1 aromatic rings. The fourth-order valence-electron chi connectivity index (χ4n) is 3.48. The van der Waals surface area contributed by atoms with Gasteiger partial charge in [0.2, 0.25) is 0 Å². The third-order valence-electron chi connectivity index (χ3n) is 4.87. The summed E-state index contributed by atoms with van der Waals surface area (Å²) in [7, 11) is 1.66. The molecule has 2 aliphatic rings. The van der Waals surface area contributed by atoms with Gasteiger partial charge in [0.1, 0.15) is 0 Å². The van der Waals surface area contributed by atoms with Crippen molar-refractivity contribution in [3.8, 4) is 0 Å². The van der Waals surface area contributed by atoms with Crippen molar-refractivity contribution in [1.82, 2.24) is 4.90 Å². The van der Waals surface area contributed by atoms with Crippen molar-refractivity contribution < 1.29 is 19.0 Å². The van der Waals surface area contributed by atoms with E-state index in [1.165, 1.54) is 0 Å². The van der Waals surface area contributed by atoms with E-state index in [0.717, 1.165) is 37.2 Å². The zero-order chi connectivity index (χ0) is 17.0. The van der Waals surface area contributed by atoms with E-state index in [-0.39, 0.29) is 6.03 Å². The maximum Gasteiger partial charge on any atom is 0.321 e. The van der Waals surface area contributed by atoms with Crippen molar-refractivity contribution in [2.75, 3.05) is 38.7 Å². The highest BCUT2D eigenvalue weighted by molar-refractivity contribution is 5.89. The van der Waals surface area contributed by atoms with Gasteiger partial charge in [0.05, 0.1) is 19.8 Å². The molecule has 0 unspecified atom stereocenters. The molecule has 0 aromatic heterocycles. The van der Waals surface area contributed by atoms with Gasteiger partial charge in [0.25, 0.3) is 0 Å². The van der Waals surface area contributed by atoms with Crippen molar-refractivity contribution in [2.45, 2.75) is 32.2 Å². The number of amides is 2. The predicted molar refractivity (Wildman–Crippen MR) is 90.8 cm³/mol. The average molecular weight is 334 g/mol. The van der Waals surface area contributed by atoms with Crippen molar-refractivity contribution in [3.05, 3.63) is 29.8 Å². The van der Waals surface area contributed by atoms with Crippen LogP contribution in [0.25, 0.3) is 0 Å². The first-order chi connectivity index (χ1) is 11.6. The number of nitrogens with zero attached hydrogens (tertiary/aromatic N) is 1. The number of rotatable bonds is 4. The normalized spacial score (nSPS) is 21.0. The van der Waals surface area contributed by atoms with Crippen LogP contribution in [0.1, 0.15) is 25.3 Å². The first-order valence-corrected chi connectivity index (χ1v) is 8.52. The number of hydrogen-bond donors (Lipinski definition) is 1. The highest BCUT2D eigenvalue weighted by atomic mass is 16.7. The van der Waals surface area contributed by atoms with Gasteiger partial charge in [0.15, 0.2) is 5.79 Å². The number of urea groups is 1. The number of benzene rings is 1. The second-order valence-electron chi connectivity index (χ2n) is 6.54. The molecule has 0 spiro atoms. The van der Waals surface area contributed by atoms with Gasteiger partial charge >= 0.3 is 6.03 Å². The van der Waals surface area contributed by atoms with E-state index in [4.69, 9.17) is 14.2 Å². The van der Waals surface area contributed by atoms with Gasteiger partial charge in [-0.15, -0.1) is 0 Å². The van der Waals surface area contributed by atoms with E-state index in [1.807, 2.05) is 36.1 Å². The smallest absolute Gasteiger partial charge is 0.321 e. The summed E-state index contributed by atoms with van der Waals surface area (Å²) in [5.74, 6) is -0.133. The van der Waals surface area contributed by atoms with Crippen LogP contribution in [0.4, 0.5) is 10.5 Å². The topological polar surface area (TPSA) is 60.0 Å². The zero-order valence-electron chi connectivity index (χ0n) is 14.4. The lowest BCUT2D eigenvalue weighted by Crippen LogP contribution is -2.47. The molecule has 0 aliphatic carbocycles. The van der Waals surface area contributed by atoms with E-state index in [9.17, 15) is 4.79 Å². The molecule has 132 valence electrons. The first kappa shape index (κ1) is 17.2. The third-order valence-corrected chi connectivity index (χ3v) is 4.87. The lowest BCUT2D eigenvalue weighted by molar-refractivity contribution is -0.189. The number of nitrogens with one attached hydrogen (secondary N) is 1. The minimum Gasteiger partial charge on any atom is -0.380 e. The van der Waals surface area contributed by atoms with Crippen LogP contribution in [0.2, 0.25) is 0 Å². The molecule has 3 rings (SSSR count). The Labute approximate surface area is 143 Å². The van der Waals surface area contributed by atoms with Crippen LogP contribution < -0.4 is 5.32 Å². The summed E-state index contributed by atoms with van der Waals surface area (Å²) in [5, 5.41) is 2.97. The molecule has 0 saturated carbocycles. The quantitative estimate of drug-likeness (QED) is 0.920. The van der Waals surface area contributed by atoms with Gasteiger partial charge in [-0.3, -0.25) is 0 Å². The van der Waals surface area contributed by atoms with Crippen molar-refractivity contribution in [2.24, 2.45) is 5.92 Å². The van der Waals surface area contributed by atoms with Gasteiger partial charge in [-0.25, -0.2) is 4.79 Å². The number of ether oxygens (including phenoxy) is 3. The summed E-state index contributed by atoms with van der Waals surface area (Å²) in [6.07, 6.45) is 1.79. The molecule has 6 heteroatoms. The van der Waals surface area contributed by atoms with Gasteiger partial charge in [0, 0.05) is 31.8 Å². The molecule has 2 aliphatic heterocycles. The molecule has 0 atom stereocenters. The molecule has 2 amide bonds. The summed E-state index contributed by atoms with van der Waals surface area (Å²) in [6.45, 7) is 5.31. The Morgan fingerprint density at radius 1 is 1.33 bits per heavy atom. The number of hydrogen-bond acceptors (Lipinski definition) is 4. The first-order valence-electron chi connectivity index (χ1n) is 8.52. The molecule has 6 nitrogen and oxygen atoms in total. The lowest BCUT2D eigenvalue weighted by Gasteiger charge is -2.38. The summed E-state index contributed by atoms with van der Waals surface area (Å²) < 4.78 is 16.6. The second kappa shape index (κ2) is 7.51. The van der Waals surface area contributed by atoms with Crippen LogP contribution in [-0.2, 0) is 20.8 Å². The van der Waals surface area contributed by atoms with Crippen LogP contribution in [0.3, 0.4) is 0 Å². The van der Waals surface area contributed by atoms with Gasteiger partial charge in [-0.2, -0.15) is 0 Å². The number of likely N-dealkylation sites (tertiary alicyclic amines) is 1. The van der Waals surface area contributed by atoms with Crippen molar-refractivity contribution in [1.29, 1.82) is 0 Å². The molecule has 1 N–H and O–H groups in total. The zero-order valence-corrected chi connectivity index (χ0v) is 14.4. The van der Waals surface area contributed by atoms with E-state index >= 15 is 0 Å². The minimum absolute atomic E-state index is 0.0542. The largest absolute Gasteiger partial charge is 0.380 e. The van der Waals surface area contributed by atoms with Gasteiger partial charge < -0.3 is 24.4 Å². The molecular weight excluding hydrogens is 308 g/mol. The number of carbonyl (C=O) groups is 1. The summed E-state index contributed by atoms with van der Waals surface area (Å²) in [4.78, 5) is 14.3. The Balaban J connectivity index is 1.53. The maximum absolute atomic E-state index is 12.5. The van der Waals surface area contributed by atoms with Crippen LogP contribution in [0, 0.1) is 5.92 Å². The Hall–Kier alpha value is -1.63. The van der Waals surface area contributed by atoms with Crippen LogP contribution in [0.5, 0.6) is 0 Å². The fraction of sp³-hybridized carbons (Fsp3) is 0.611. The Bertz CT molecular complexity index is 564. The molecular formula is C18H26N2O4. The highest BCUT2D eigenvalue weighted by Crippen LogP contribution is 2.35. The number of anilines is 1. The maximum atomic E-state index is 12.5. The van der Waals surface area contributed by atoms with Gasteiger partial charge in [-0.1, -0.05) is 12.1 Å². The summed E-state index contributed by atoms with van der Waals surface area (Å²) in [5.41, 5.74) is 1.84. The monoisotopic (exact) mass is 334 g/mol. The standard InChI is InChI=1S/C18H26N2O4/c1-18(23-10-11-24-18)15-6-8-20(9-7-15)17(21)19-16-5-3-4-14(12-16)13-22-2/h3-5,12,15H,6-11,13H2,1-2H3,(H,19,21). The Morgan fingerprint density at radius 3 is 2.71 bits per heavy atom. The summed E-state index contributed by atoms with van der Waals surface area (Å²) in [6, 6.07) is 7.68. The van der Waals surface area contributed by atoms with Crippen LogP contribution >= 0.6 is 0 Å². The summed E-state index contributed by atoms with van der Waals surface area (Å²) >= 11 is 0. The van der Waals surface area contributed by atoms with E-state index in [0.29, 0.717) is 25.7 Å². The van der Waals surface area contributed by atoms with E-state index in [1.54, 1.807) is 7.11 Å². The molecule has 0 radical (unpaired) electrons.